The zero-order valence-electron chi connectivity index (χ0n) is 10.5. The molecule has 0 spiro atoms. The van der Waals surface area contributed by atoms with Gasteiger partial charge in [0.05, 0.1) is 12.3 Å². The van der Waals surface area contributed by atoms with E-state index in [0.29, 0.717) is 31.7 Å². The molecule has 2 amide bonds. The van der Waals surface area contributed by atoms with Gasteiger partial charge in [0.15, 0.2) is 5.76 Å². The van der Waals surface area contributed by atoms with Crippen LogP contribution in [0, 0.1) is 11.3 Å². The Labute approximate surface area is 111 Å². The third-order valence-corrected chi connectivity index (χ3v) is 3.12. The molecular weight excluding hydrogens is 246 g/mol. The summed E-state index contributed by atoms with van der Waals surface area (Å²) >= 11 is 0. The fraction of sp³-hybridized carbons (Fsp3) is 0.462. The van der Waals surface area contributed by atoms with Gasteiger partial charge >= 0.3 is 0 Å². The van der Waals surface area contributed by atoms with E-state index >= 15 is 0 Å². The maximum atomic E-state index is 12.0. The Kier molecular flexibility index (Phi) is 4.18. The van der Waals surface area contributed by atoms with Crippen LogP contribution < -0.4 is 5.32 Å². The first kappa shape index (κ1) is 13.1. The van der Waals surface area contributed by atoms with Crippen molar-refractivity contribution >= 4 is 11.8 Å². The quantitative estimate of drug-likeness (QED) is 0.876. The van der Waals surface area contributed by atoms with E-state index in [0.717, 1.165) is 0 Å². The number of nitrogens with zero attached hydrogens (tertiary/aromatic N) is 2. The van der Waals surface area contributed by atoms with Gasteiger partial charge in [-0.15, -0.1) is 0 Å². The molecular formula is C13H15N3O3. The predicted molar refractivity (Wildman–Crippen MR) is 66.0 cm³/mol. The second kappa shape index (κ2) is 6.05. The second-order valence-corrected chi connectivity index (χ2v) is 4.45. The van der Waals surface area contributed by atoms with Gasteiger partial charge < -0.3 is 14.6 Å². The molecule has 0 aliphatic carbocycles. The fourth-order valence-electron chi connectivity index (χ4n) is 2.13. The number of hydrogen-bond donors (Lipinski definition) is 1. The molecule has 1 aromatic heterocycles. The first-order valence-corrected chi connectivity index (χ1v) is 6.20. The lowest BCUT2D eigenvalue weighted by molar-refractivity contribution is -0.121. The van der Waals surface area contributed by atoms with Gasteiger partial charge in [-0.3, -0.25) is 9.59 Å². The van der Waals surface area contributed by atoms with Crippen molar-refractivity contribution in [1.82, 2.24) is 10.2 Å². The summed E-state index contributed by atoms with van der Waals surface area (Å²) in [6.07, 6.45) is 2.75. The van der Waals surface area contributed by atoms with Crippen LogP contribution in [0.5, 0.6) is 0 Å². The van der Waals surface area contributed by atoms with Gasteiger partial charge in [-0.2, -0.15) is 5.26 Å². The molecule has 1 aliphatic heterocycles. The summed E-state index contributed by atoms with van der Waals surface area (Å²) in [5, 5.41) is 11.2. The molecule has 0 bridgehead atoms. The summed E-state index contributed by atoms with van der Waals surface area (Å²) in [4.78, 5) is 25.0. The highest BCUT2D eigenvalue weighted by atomic mass is 16.3. The number of rotatable bonds is 3. The number of nitrogens with one attached hydrogen (secondary N) is 1. The van der Waals surface area contributed by atoms with E-state index in [1.807, 2.05) is 6.07 Å². The Morgan fingerprint density at radius 1 is 1.47 bits per heavy atom. The smallest absolute Gasteiger partial charge is 0.289 e. The molecule has 6 nitrogen and oxygen atoms in total. The maximum absolute atomic E-state index is 12.0. The van der Waals surface area contributed by atoms with Crippen LogP contribution in [0.25, 0.3) is 0 Å². The van der Waals surface area contributed by atoms with E-state index in [-0.39, 0.29) is 24.3 Å². The van der Waals surface area contributed by atoms with Crippen molar-refractivity contribution in [3.8, 4) is 6.07 Å². The molecule has 1 aromatic rings. The van der Waals surface area contributed by atoms with Crippen molar-refractivity contribution in [3.63, 3.8) is 0 Å². The minimum Gasteiger partial charge on any atom is -0.459 e. The van der Waals surface area contributed by atoms with Crippen LogP contribution in [0.15, 0.2) is 22.8 Å². The third kappa shape index (κ3) is 3.35. The normalized spacial score (nSPS) is 15.8. The van der Waals surface area contributed by atoms with Crippen LogP contribution in [0.3, 0.4) is 0 Å². The second-order valence-electron chi connectivity index (χ2n) is 4.45. The van der Waals surface area contributed by atoms with Gasteiger partial charge in [-0.25, -0.2) is 0 Å². The topological polar surface area (TPSA) is 86.3 Å². The maximum Gasteiger partial charge on any atom is 0.289 e. The first-order chi connectivity index (χ1) is 9.20. The largest absolute Gasteiger partial charge is 0.459 e. The van der Waals surface area contributed by atoms with Crippen LogP contribution in [0.2, 0.25) is 0 Å². The van der Waals surface area contributed by atoms with Crippen LogP contribution in [-0.2, 0) is 4.79 Å². The Balaban J connectivity index is 1.81. The highest BCUT2D eigenvalue weighted by Gasteiger charge is 2.25. The molecule has 2 rings (SSSR count). The summed E-state index contributed by atoms with van der Waals surface area (Å²) < 4.78 is 5.07. The number of furan rings is 1. The molecule has 6 heteroatoms. The Morgan fingerprint density at radius 3 is 2.79 bits per heavy atom. The Morgan fingerprint density at radius 2 is 2.21 bits per heavy atom. The van der Waals surface area contributed by atoms with Gasteiger partial charge in [0.1, 0.15) is 6.42 Å². The summed E-state index contributed by atoms with van der Waals surface area (Å²) in [6.45, 7) is 1.16. The molecule has 0 aromatic carbocycles. The Hall–Kier alpha value is -2.29. The zero-order valence-corrected chi connectivity index (χ0v) is 10.5. The molecule has 100 valence electrons. The first-order valence-electron chi connectivity index (χ1n) is 6.20. The van der Waals surface area contributed by atoms with E-state index in [1.54, 1.807) is 17.0 Å². The minimum atomic E-state index is -0.252. The summed E-state index contributed by atoms with van der Waals surface area (Å²) in [5.41, 5.74) is 0. The molecule has 19 heavy (non-hydrogen) atoms. The standard InChI is InChI=1S/C13H15N3O3/c14-6-3-12(17)15-10-4-7-16(8-5-10)13(18)11-2-1-9-19-11/h1-2,9-10H,3-5,7-8H2,(H,15,17). The molecule has 1 aliphatic rings. The van der Waals surface area contributed by atoms with Gasteiger partial charge in [0, 0.05) is 19.1 Å². The van der Waals surface area contributed by atoms with Crippen molar-refractivity contribution < 1.29 is 14.0 Å². The number of hydrogen-bond acceptors (Lipinski definition) is 4. The Bertz CT molecular complexity index is 482. The van der Waals surface area contributed by atoms with Crippen molar-refractivity contribution in [3.05, 3.63) is 24.2 Å². The third-order valence-electron chi connectivity index (χ3n) is 3.12. The monoisotopic (exact) mass is 261 g/mol. The summed E-state index contributed by atoms with van der Waals surface area (Å²) in [7, 11) is 0. The van der Waals surface area contributed by atoms with Crippen molar-refractivity contribution in [1.29, 1.82) is 5.26 Å². The van der Waals surface area contributed by atoms with E-state index in [1.165, 1.54) is 6.26 Å². The van der Waals surface area contributed by atoms with Gasteiger partial charge in [0.2, 0.25) is 5.91 Å². The molecule has 0 unspecified atom stereocenters. The van der Waals surface area contributed by atoms with Gasteiger partial charge in [-0.05, 0) is 25.0 Å². The van der Waals surface area contributed by atoms with Gasteiger partial charge in [-0.1, -0.05) is 0 Å². The molecule has 0 saturated carbocycles. The average Bonchev–Trinajstić information content (AvgIpc) is 2.93. The number of amides is 2. The molecule has 0 radical (unpaired) electrons. The number of nitriles is 1. The van der Waals surface area contributed by atoms with Crippen LogP contribution in [-0.4, -0.2) is 35.8 Å². The predicted octanol–water partition coefficient (Wildman–Crippen LogP) is 0.914. The number of piperidine rings is 1. The van der Waals surface area contributed by atoms with E-state index in [2.05, 4.69) is 5.32 Å². The number of likely N-dealkylation sites (tertiary alicyclic amines) is 1. The highest BCUT2D eigenvalue weighted by Crippen LogP contribution is 2.14. The van der Waals surface area contributed by atoms with Gasteiger partial charge in [0.25, 0.3) is 5.91 Å². The molecule has 0 atom stereocenters. The molecule has 1 N–H and O–H groups in total. The van der Waals surface area contributed by atoms with Crippen molar-refractivity contribution in [2.45, 2.75) is 25.3 Å². The van der Waals surface area contributed by atoms with E-state index in [9.17, 15) is 9.59 Å². The zero-order chi connectivity index (χ0) is 13.7. The molecule has 1 saturated heterocycles. The minimum absolute atomic E-state index is 0.0431. The van der Waals surface area contributed by atoms with E-state index in [4.69, 9.17) is 9.68 Å². The van der Waals surface area contributed by atoms with Crippen LogP contribution in [0.4, 0.5) is 0 Å². The molecule has 1 fully saturated rings. The highest BCUT2D eigenvalue weighted by molar-refractivity contribution is 5.91. The van der Waals surface area contributed by atoms with Crippen LogP contribution >= 0.6 is 0 Å². The number of carbonyl (C=O) groups excluding carboxylic acids is 2. The SMILES string of the molecule is N#CCC(=O)NC1CCN(C(=O)c2ccco2)CC1. The lowest BCUT2D eigenvalue weighted by Crippen LogP contribution is -2.46. The fourth-order valence-corrected chi connectivity index (χ4v) is 2.13. The number of carbonyl (C=O) groups is 2. The average molecular weight is 261 g/mol. The van der Waals surface area contributed by atoms with Crippen molar-refractivity contribution in [2.75, 3.05) is 13.1 Å². The summed E-state index contributed by atoms with van der Waals surface area (Å²) in [5.74, 6) is -0.0305. The summed E-state index contributed by atoms with van der Waals surface area (Å²) in [6, 6.07) is 5.18. The van der Waals surface area contributed by atoms with E-state index < -0.39 is 0 Å². The van der Waals surface area contributed by atoms with Crippen LogP contribution in [0.1, 0.15) is 29.8 Å². The lowest BCUT2D eigenvalue weighted by Gasteiger charge is -2.31. The van der Waals surface area contributed by atoms with Crippen molar-refractivity contribution in [2.24, 2.45) is 0 Å². The molecule has 2 heterocycles. The lowest BCUT2D eigenvalue weighted by atomic mass is 10.0.